The molecule has 1 heterocycles. The lowest BCUT2D eigenvalue weighted by Crippen LogP contribution is -2.45. The van der Waals surface area contributed by atoms with Gasteiger partial charge in [0.15, 0.2) is 5.96 Å². The quantitative estimate of drug-likeness (QED) is 0.549. The average Bonchev–Trinajstić information content (AvgIpc) is 3.13. The third-order valence-electron chi connectivity index (χ3n) is 4.71. The number of benzene rings is 1. The Kier molecular flexibility index (Phi) is 6.66. The average molecular weight is 355 g/mol. The molecule has 0 saturated heterocycles. The van der Waals surface area contributed by atoms with E-state index in [1.165, 1.54) is 5.56 Å². The van der Waals surface area contributed by atoms with Gasteiger partial charge in [-0.25, -0.2) is 4.68 Å². The molecule has 0 radical (unpaired) electrons. The Morgan fingerprint density at radius 2 is 2.00 bits per heavy atom. The number of nitrogens with one attached hydrogen (secondary N) is 2. The number of nitrogens with zero attached hydrogens (tertiary/aromatic N) is 3. The molecule has 6 nitrogen and oxygen atoms in total. The Bertz CT molecular complexity index is 689. The van der Waals surface area contributed by atoms with Crippen LogP contribution < -0.4 is 10.6 Å². The summed E-state index contributed by atoms with van der Waals surface area (Å²) in [4.78, 5) is 4.70. The van der Waals surface area contributed by atoms with Crippen molar-refractivity contribution >= 4 is 5.96 Å². The normalized spacial score (nSPS) is 20.8. The predicted molar refractivity (Wildman–Crippen MR) is 105 cm³/mol. The first-order chi connectivity index (χ1) is 12.7. The van der Waals surface area contributed by atoms with Gasteiger partial charge < -0.3 is 15.7 Å². The number of aromatic nitrogens is 2. The molecule has 26 heavy (non-hydrogen) atoms. The summed E-state index contributed by atoms with van der Waals surface area (Å²) in [5.74, 6) is 0.865. The van der Waals surface area contributed by atoms with Crippen LogP contribution in [0.4, 0.5) is 0 Å². The maximum absolute atomic E-state index is 9.63. The molecule has 3 N–H and O–H groups in total. The Balaban J connectivity index is 1.52. The van der Waals surface area contributed by atoms with Crippen molar-refractivity contribution in [2.45, 2.75) is 51.2 Å². The number of aliphatic imine (C=N–C) groups is 1. The summed E-state index contributed by atoms with van der Waals surface area (Å²) in [6.07, 6.45) is 8.43. The van der Waals surface area contributed by atoms with E-state index in [1.54, 1.807) is 0 Å². The molecule has 1 fully saturated rings. The van der Waals surface area contributed by atoms with E-state index in [-0.39, 0.29) is 6.10 Å². The van der Waals surface area contributed by atoms with Crippen LogP contribution in [0.2, 0.25) is 0 Å². The molecule has 2 aromatic rings. The van der Waals surface area contributed by atoms with Crippen molar-refractivity contribution in [1.29, 1.82) is 0 Å². The van der Waals surface area contributed by atoms with E-state index in [0.29, 0.717) is 12.6 Å². The van der Waals surface area contributed by atoms with Crippen molar-refractivity contribution < 1.29 is 5.11 Å². The maximum Gasteiger partial charge on any atom is 0.191 e. The van der Waals surface area contributed by atoms with Crippen LogP contribution in [0.25, 0.3) is 5.69 Å². The minimum Gasteiger partial charge on any atom is -0.393 e. The molecular weight excluding hydrogens is 326 g/mol. The summed E-state index contributed by atoms with van der Waals surface area (Å²) in [5.41, 5.74) is 2.24. The molecule has 0 atom stereocenters. The van der Waals surface area contributed by atoms with Crippen molar-refractivity contribution in [3.05, 3.63) is 48.3 Å². The van der Waals surface area contributed by atoms with Gasteiger partial charge in [0.2, 0.25) is 0 Å². The van der Waals surface area contributed by atoms with E-state index in [0.717, 1.165) is 50.3 Å². The zero-order valence-corrected chi connectivity index (χ0v) is 15.4. The number of para-hydroxylation sites is 1. The van der Waals surface area contributed by atoms with Gasteiger partial charge in [-0.1, -0.05) is 18.2 Å². The molecule has 1 aromatic carbocycles. The summed E-state index contributed by atoms with van der Waals surface area (Å²) >= 11 is 0. The number of aliphatic hydroxyl groups is 1. The van der Waals surface area contributed by atoms with Crippen LogP contribution in [0.5, 0.6) is 0 Å². The van der Waals surface area contributed by atoms with Crippen molar-refractivity contribution in [1.82, 2.24) is 20.4 Å². The van der Waals surface area contributed by atoms with Crippen LogP contribution >= 0.6 is 0 Å². The first-order valence-electron chi connectivity index (χ1n) is 9.56. The van der Waals surface area contributed by atoms with Crippen molar-refractivity contribution in [3.63, 3.8) is 0 Å². The van der Waals surface area contributed by atoms with Crippen LogP contribution in [0.3, 0.4) is 0 Å². The second kappa shape index (κ2) is 9.38. The molecule has 1 saturated carbocycles. The molecule has 0 aliphatic heterocycles. The number of hydrogen-bond donors (Lipinski definition) is 3. The number of aliphatic hydroxyl groups excluding tert-OH is 1. The molecule has 1 aliphatic carbocycles. The van der Waals surface area contributed by atoms with Gasteiger partial charge in [0, 0.05) is 25.3 Å². The second-order valence-electron chi connectivity index (χ2n) is 6.79. The lowest BCUT2D eigenvalue weighted by atomic mass is 9.93. The molecule has 1 aromatic heterocycles. The molecule has 6 heteroatoms. The van der Waals surface area contributed by atoms with Crippen LogP contribution in [-0.2, 0) is 6.42 Å². The number of hydrogen-bond acceptors (Lipinski definition) is 3. The molecule has 0 spiro atoms. The first kappa shape index (κ1) is 18.5. The molecular formula is C20H29N5O. The zero-order valence-electron chi connectivity index (χ0n) is 15.4. The molecule has 0 bridgehead atoms. The molecule has 3 rings (SSSR count). The molecule has 140 valence electrons. The summed E-state index contributed by atoms with van der Waals surface area (Å²) < 4.78 is 1.90. The Labute approximate surface area is 155 Å². The fourth-order valence-electron chi connectivity index (χ4n) is 3.24. The Morgan fingerprint density at radius 3 is 2.73 bits per heavy atom. The van der Waals surface area contributed by atoms with Crippen LogP contribution in [0.15, 0.2) is 47.7 Å². The van der Waals surface area contributed by atoms with Crippen LogP contribution in [0, 0.1) is 0 Å². The van der Waals surface area contributed by atoms with E-state index in [4.69, 9.17) is 4.99 Å². The van der Waals surface area contributed by atoms with Crippen molar-refractivity contribution in [2.75, 3.05) is 13.1 Å². The van der Waals surface area contributed by atoms with E-state index in [9.17, 15) is 5.11 Å². The van der Waals surface area contributed by atoms with E-state index in [2.05, 4.69) is 28.9 Å². The van der Waals surface area contributed by atoms with Crippen molar-refractivity contribution in [3.8, 4) is 5.69 Å². The van der Waals surface area contributed by atoms with Gasteiger partial charge in [-0.3, -0.25) is 4.99 Å². The number of guanidine groups is 1. The zero-order chi connectivity index (χ0) is 18.2. The second-order valence-corrected chi connectivity index (χ2v) is 6.79. The summed E-state index contributed by atoms with van der Waals surface area (Å²) in [6.45, 7) is 3.63. The van der Waals surface area contributed by atoms with Gasteiger partial charge in [-0.05, 0) is 56.7 Å². The number of rotatable bonds is 6. The SMILES string of the molecule is CCNC(=NCCc1cnn(-c2ccccc2)c1)NC1CCC(O)CC1. The van der Waals surface area contributed by atoms with E-state index < -0.39 is 0 Å². The third kappa shape index (κ3) is 5.33. The smallest absolute Gasteiger partial charge is 0.191 e. The predicted octanol–water partition coefficient (Wildman–Crippen LogP) is 2.27. The van der Waals surface area contributed by atoms with Gasteiger partial charge in [-0.2, -0.15) is 5.10 Å². The highest BCUT2D eigenvalue weighted by atomic mass is 16.3. The highest BCUT2D eigenvalue weighted by Gasteiger charge is 2.19. The molecule has 0 amide bonds. The topological polar surface area (TPSA) is 74.5 Å². The van der Waals surface area contributed by atoms with Crippen molar-refractivity contribution in [2.24, 2.45) is 4.99 Å². The van der Waals surface area contributed by atoms with Crippen LogP contribution in [0.1, 0.15) is 38.2 Å². The summed E-state index contributed by atoms with van der Waals surface area (Å²) in [7, 11) is 0. The lowest BCUT2D eigenvalue weighted by molar-refractivity contribution is 0.120. The Morgan fingerprint density at radius 1 is 1.23 bits per heavy atom. The van der Waals surface area contributed by atoms with Crippen LogP contribution in [-0.4, -0.2) is 46.1 Å². The summed E-state index contributed by atoms with van der Waals surface area (Å²) in [6, 6.07) is 10.5. The monoisotopic (exact) mass is 355 g/mol. The highest BCUT2D eigenvalue weighted by Crippen LogP contribution is 2.18. The lowest BCUT2D eigenvalue weighted by Gasteiger charge is -2.27. The van der Waals surface area contributed by atoms with Gasteiger partial charge in [0.05, 0.1) is 18.0 Å². The highest BCUT2D eigenvalue weighted by molar-refractivity contribution is 5.80. The standard InChI is InChI=1S/C20H29N5O/c1-2-21-20(24-17-8-10-19(26)11-9-17)22-13-12-16-14-23-25(15-16)18-6-4-3-5-7-18/h3-7,14-15,17,19,26H,2,8-13H2,1H3,(H2,21,22,24). The van der Waals surface area contributed by atoms with Gasteiger partial charge in [-0.15, -0.1) is 0 Å². The van der Waals surface area contributed by atoms with Gasteiger partial charge >= 0.3 is 0 Å². The largest absolute Gasteiger partial charge is 0.393 e. The van der Waals surface area contributed by atoms with Gasteiger partial charge in [0.25, 0.3) is 0 Å². The van der Waals surface area contributed by atoms with E-state index >= 15 is 0 Å². The maximum atomic E-state index is 9.63. The molecule has 0 unspecified atom stereocenters. The Hall–Kier alpha value is -2.34. The van der Waals surface area contributed by atoms with E-state index in [1.807, 2.05) is 41.2 Å². The molecule has 1 aliphatic rings. The first-order valence-corrected chi connectivity index (χ1v) is 9.56. The van der Waals surface area contributed by atoms with Gasteiger partial charge in [0.1, 0.15) is 0 Å². The fourth-order valence-corrected chi connectivity index (χ4v) is 3.24. The minimum atomic E-state index is -0.131. The minimum absolute atomic E-state index is 0.131. The fraction of sp³-hybridized carbons (Fsp3) is 0.500. The summed E-state index contributed by atoms with van der Waals surface area (Å²) in [5, 5.41) is 20.9. The third-order valence-corrected chi connectivity index (χ3v) is 4.71.